The number of carboxylic acid groups (broad SMARTS) is 2. The lowest BCUT2D eigenvalue weighted by Gasteiger charge is -2.20. The van der Waals surface area contributed by atoms with Crippen LogP contribution in [0, 0.1) is 0 Å². The second kappa shape index (κ2) is 10.8. The fourth-order valence-electron chi connectivity index (χ4n) is 5.39. The van der Waals surface area contributed by atoms with Crippen molar-refractivity contribution in [3.8, 4) is 22.3 Å². The Bertz CT molecular complexity index is 1310. The molecule has 0 unspecified atom stereocenters. The van der Waals surface area contributed by atoms with Crippen LogP contribution in [0.25, 0.3) is 33.0 Å². The van der Waals surface area contributed by atoms with Crippen LogP contribution in [0.4, 0.5) is 0 Å². The third-order valence-corrected chi connectivity index (χ3v) is 6.90. The Labute approximate surface area is 212 Å². The molecule has 3 aromatic carbocycles. The molecule has 0 saturated carbocycles. The van der Waals surface area contributed by atoms with Crippen molar-refractivity contribution in [3.63, 3.8) is 0 Å². The van der Waals surface area contributed by atoms with Crippen molar-refractivity contribution in [3.05, 3.63) is 58.7 Å². The molecule has 0 atom stereocenters. The molecule has 3 aromatic rings. The van der Waals surface area contributed by atoms with Gasteiger partial charge in [-0.05, 0) is 95.1 Å². The largest absolute Gasteiger partial charge is 0.478 e. The Morgan fingerprint density at radius 1 is 0.778 bits per heavy atom. The molecule has 6 heteroatoms. The number of rotatable bonds is 12. The Morgan fingerprint density at radius 3 is 2.00 bits per heavy atom. The molecule has 0 amide bonds. The van der Waals surface area contributed by atoms with Gasteiger partial charge in [0.05, 0.1) is 11.1 Å². The number of hydrogen-bond acceptors (Lipinski definition) is 4. The molecule has 0 saturated heterocycles. The van der Waals surface area contributed by atoms with Crippen LogP contribution in [-0.2, 0) is 12.8 Å². The zero-order valence-corrected chi connectivity index (χ0v) is 21.6. The van der Waals surface area contributed by atoms with E-state index in [4.69, 9.17) is 0 Å². The van der Waals surface area contributed by atoms with Crippen LogP contribution in [0.5, 0.6) is 0 Å². The van der Waals surface area contributed by atoms with Crippen molar-refractivity contribution >= 4 is 22.7 Å². The zero-order chi connectivity index (χ0) is 26.0. The summed E-state index contributed by atoms with van der Waals surface area (Å²) in [6, 6.07) is 11.8. The van der Waals surface area contributed by atoms with Crippen LogP contribution in [0.2, 0.25) is 0 Å². The molecule has 190 valence electrons. The number of fused-ring (bicyclic) bond motifs is 3. The molecular weight excluding hydrogens is 452 g/mol. The molecule has 6 nitrogen and oxygen atoms in total. The minimum absolute atomic E-state index is 0.243. The molecule has 0 aromatic heterocycles. The second-order valence-corrected chi connectivity index (χ2v) is 10.2. The van der Waals surface area contributed by atoms with Gasteiger partial charge in [0.15, 0.2) is 0 Å². The molecule has 0 fully saturated rings. The van der Waals surface area contributed by atoms with E-state index in [2.05, 4.69) is 38.3 Å². The summed E-state index contributed by atoms with van der Waals surface area (Å²) in [6.07, 6.45) is 3.06. The summed E-state index contributed by atoms with van der Waals surface area (Å²) < 4.78 is 0. The average Bonchev–Trinajstić information content (AvgIpc) is 3.15. The van der Waals surface area contributed by atoms with Crippen LogP contribution in [0.15, 0.2) is 36.4 Å². The molecular formula is C30H36N2O4. The van der Waals surface area contributed by atoms with E-state index in [-0.39, 0.29) is 5.56 Å². The van der Waals surface area contributed by atoms with Gasteiger partial charge < -0.3 is 20.8 Å². The van der Waals surface area contributed by atoms with Crippen LogP contribution < -0.4 is 10.6 Å². The van der Waals surface area contributed by atoms with Crippen molar-refractivity contribution in [1.82, 2.24) is 10.6 Å². The second-order valence-electron chi connectivity index (χ2n) is 10.2. The van der Waals surface area contributed by atoms with E-state index >= 15 is 0 Å². The van der Waals surface area contributed by atoms with Crippen LogP contribution in [0.1, 0.15) is 72.4 Å². The standard InChI is InChI=1S/C30H36N2O4/c1-17(2)31-14-6-10-22-23(11-7-15-32-18(3)4)28(30(35)36)24-9-5-8-21-20-13-12-19(29(33)34)16-25(20)27(22)26(21)24/h5,8-9,12-13,16-18,31-32H,6-7,10-11,14-15H2,1-4H3,(H,33,34)(H,35,36). The fourth-order valence-corrected chi connectivity index (χ4v) is 5.39. The summed E-state index contributed by atoms with van der Waals surface area (Å²) in [6.45, 7) is 10.1. The van der Waals surface area contributed by atoms with Gasteiger partial charge in [-0.15, -0.1) is 0 Å². The molecule has 1 aliphatic rings. The minimum Gasteiger partial charge on any atom is -0.478 e. The Morgan fingerprint density at radius 2 is 1.42 bits per heavy atom. The molecule has 1 aliphatic carbocycles. The molecule has 36 heavy (non-hydrogen) atoms. The fraction of sp³-hybridized carbons (Fsp3) is 0.400. The zero-order valence-electron chi connectivity index (χ0n) is 21.6. The summed E-state index contributed by atoms with van der Waals surface area (Å²) in [4.78, 5) is 24.5. The lowest BCUT2D eigenvalue weighted by Crippen LogP contribution is -2.25. The third-order valence-electron chi connectivity index (χ3n) is 6.90. The smallest absolute Gasteiger partial charge is 0.336 e. The van der Waals surface area contributed by atoms with Crippen molar-refractivity contribution in [1.29, 1.82) is 0 Å². The molecule has 0 spiro atoms. The monoisotopic (exact) mass is 488 g/mol. The first-order valence-electron chi connectivity index (χ1n) is 12.9. The van der Waals surface area contributed by atoms with Gasteiger partial charge >= 0.3 is 11.9 Å². The predicted octanol–water partition coefficient (Wildman–Crippen LogP) is 5.74. The summed E-state index contributed by atoms with van der Waals surface area (Å²) in [5.41, 5.74) is 6.41. The van der Waals surface area contributed by atoms with E-state index in [1.54, 1.807) is 12.1 Å². The van der Waals surface area contributed by atoms with E-state index < -0.39 is 11.9 Å². The lowest BCUT2D eigenvalue weighted by molar-refractivity contribution is 0.0686. The summed E-state index contributed by atoms with van der Waals surface area (Å²) in [5, 5.41) is 28.7. The Balaban J connectivity index is 1.93. The minimum atomic E-state index is -0.963. The summed E-state index contributed by atoms with van der Waals surface area (Å²) >= 11 is 0. The first-order chi connectivity index (χ1) is 17.2. The SMILES string of the molecule is CC(C)NCCCc1c(CCCNC(C)C)c2c3c(cccc3c1C(=O)O)-c1ccc(C(=O)O)cc1-2. The molecule has 4 N–H and O–H groups in total. The van der Waals surface area contributed by atoms with Gasteiger partial charge in [0, 0.05) is 12.1 Å². The molecule has 0 heterocycles. The quantitative estimate of drug-likeness (QED) is 0.190. The van der Waals surface area contributed by atoms with E-state index in [0.717, 1.165) is 76.5 Å². The Hall–Kier alpha value is -3.22. The maximum atomic E-state index is 12.7. The normalized spacial score (nSPS) is 12.1. The van der Waals surface area contributed by atoms with Crippen LogP contribution in [-0.4, -0.2) is 47.3 Å². The average molecular weight is 489 g/mol. The topological polar surface area (TPSA) is 98.7 Å². The van der Waals surface area contributed by atoms with Gasteiger partial charge in [-0.3, -0.25) is 0 Å². The Kier molecular flexibility index (Phi) is 7.76. The number of hydrogen-bond donors (Lipinski definition) is 4. The van der Waals surface area contributed by atoms with Gasteiger partial charge in [-0.1, -0.05) is 52.0 Å². The van der Waals surface area contributed by atoms with E-state index in [1.165, 1.54) is 0 Å². The van der Waals surface area contributed by atoms with E-state index in [1.807, 2.05) is 24.3 Å². The van der Waals surface area contributed by atoms with Gasteiger partial charge in [0.25, 0.3) is 0 Å². The number of aromatic carboxylic acids is 2. The first-order valence-corrected chi connectivity index (χ1v) is 12.9. The predicted molar refractivity (Wildman–Crippen MR) is 145 cm³/mol. The highest BCUT2D eigenvalue weighted by Crippen LogP contribution is 2.51. The van der Waals surface area contributed by atoms with Gasteiger partial charge in [0.2, 0.25) is 0 Å². The third kappa shape index (κ3) is 5.01. The van der Waals surface area contributed by atoms with Gasteiger partial charge in [-0.25, -0.2) is 9.59 Å². The maximum Gasteiger partial charge on any atom is 0.336 e. The maximum absolute atomic E-state index is 12.7. The van der Waals surface area contributed by atoms with Gasteiger partial charge in [-0.2, -0.15) is 0 Å². The summed E-state index contributed by atoms with van der Waals surface area (Å²) in [5.74, 6) is -1.87. The molecule has 0 bridgehead atoms. The van der Waals surface area contributed by atoms with Crippen LogP contribution >= 0.6 is 0 Å². The van der Waals surface area contributed by atoms with Crippen molar-refractivity contribution in [2.24, 2.45) is 0 Å². The first kappa shape index (κ1) is 25.9. The van der Waals surface area contributed by atoms with Crippen molar-refractivity contribution in [2.45, 2.75) is 65.5 Å². The highest BCUT2D eigenvalue weighted by atomic mass is 16.4. The highest BCUT2D eigenvalue weighted by Gasteiger charge is 2.30. The van der Waals surface area contributed by atoms with Crippen LogP contribution in [0.3, 0.4) is 0 Å². The molecule has 4 rings (SSSR count). The number of carboxylic acids is 2. The molecule has 0 radical (unpaired) electrons. The molecule has 0 aliphatic heterocycles. The van der Waals surface area contributed by atoms with Crippen molar-refractivity contribution in [2.75, 3.05) is 13.1 Å². The number of nitrogens with one attached hydrogen (secondary N) is 2. The van der Waals surface area contributed by atoms with Gasteiger partial charge in [0.1, 0.15) is 0 Å². The highest BCUT2D eigenvalue weighted by molar-refractivity contribution is 6.21. The number of carbonyl (C=O) groups is 2. The number of benzene rings is 3. The summed E-state index contributed by atoms with van der Waals surface area (Å²) in [7, 11) is 0. The lowest BCUT2D eigenvalue weighted by atomic mass is 9.84. The van der Waals surface area contributed by atoms with E-state index in [9.17, 15) is 19.8 Å². The van der Waals surface area contributed by atoms with E-state index in [0.29, 0.717) is 24.1 Å². The van der Waals surface area contributed by atoms with Crippen molar-refractivity contribution < 1.29 is 19.8 Å².